The number of primary amides is 1. The average molecular weight is 409 g/mol. The first kappa shape index (κ1) is 19.2. The molecule has 0 bridgehead atoms. The van der Waals surface area contributed by atoms with Crippen LogP contribution in [0.25, 0.3) is 10.9 Å². The van der Waals surface area contributed by atoms with Crippen molar-refractivity contribution in [2.75, 3.05) is 5.32 Å². The Hall–Kier alpha value is -4.15. The molecule has 0 unspecified atom stereocenters. The molecule has 2 amide bonds. The number of carbonyl (C=O) groups is 2. The van der Waals surface area contributed by atoms with Gasteiger partial charge in [0.15, 0.2) is 5.82 Å². The number of fused-ring (bicyclic) bond motifs is 1. The third-order valence-electron chi connectivity index (χ3n) is 4.48. The summed E-state index contributed by atoms with van der Waals surface area (Å²) in [7, 11) is 0. The molecule has 4 rings (SSSR count). The van der Waals surface area contributed by atoms with E-state index in [0.29, 0.717) is 23.7 Å². The molecule has 3 heterocycles. The van der Waals surface area contributed by atoms with E-state index in [1.165, 1.54) is 22.9 Å². The van der Waals surface area contributed by atoms with Crippen LogP contribution < -0.4 is 11.1 Å². The topological polar surface area (TPSA) is 142 Å². The first-order chi connectivity index (χ1) is 14.3. The van der Waals surface area contributed by atoms with Crippen molar-refractivity contribution >= 4 is 28.5 Å². The van der Waals surface area contributed by atoms with Crippen LogP contribution in [-0.4, -0.2) is 36.9 Å². The number of carbonyl (C=O) groups excluding carboxylic acids is 2. The molecule has 10 nitrogen and oxygen atoms in total. The van der Waals surface area contributed by atoms with Crippen molar-refractivity contribution in [3.8, 4) is 0 Å². The maximum absolute atomic E-state index is 14.4. The van der Waals surface area contributed by atoms with Gasteiger partial charge in [-0.3, -0.25) is 9.59 Å². The number of amides is 2. The van der Waals surface area contributed by atoms with Gasteiger partial charge in [0.1, 0.15) is 23.0 Å². The van der Waals surface area contributed by atoms with Crippen molar-refractivity contribution in [2.24, 2.45) is 5.73 Å². The van der Waals surface area contributed by atoms with Gasteiger partial charge in [-0.2, -0.15) is 0 Å². The third kappa shape index (κ3) is 3.48. The Bertz CT molecular complexity index is 1290. The minimum absolute atomic E-state index is 0.0249. The van der Waals surface area contributed by atoms with Crippen molar-refractivity contribution < 1.29 is 18.5 Å². The molecule has 0 radical (unpaired) electrons. The minimum atomic E-state index is -0.833. The average Bonchev–Trinajstić information content (AvgIpc) is 3.27. The Kier molecular flexibility index (Phi) is 4.70. The van der Waals surface area contributed by atoms with Crippen LogP contribution in [0.3, 0.4) is 0 Å². The number of nitrogens with one attached hydrogen (secondary N) is 1. The molecule has 3 aromatic heterocycles. The summed E-state index contributed by atoms with van der Waals surface area (Å²) in [5, 5.41) is 14.4. The molecule has 0 aliphatic carbocycles. The highest BCUT2D eigenvalue weighted by Gasteiger charge is 2.20. The second kappa shape index (κ2) is 7.35. The monoisotopic (exact) mass is 409 g/mol. The van der Waals surface area contributed by atoms with Gasteiger partial charge in [-0.25, -0.2) is 14.1 Å². The molecule has 0 aliphatic rings. The van der Waals surface area contributed by atoms with Gasteiger partial charge < -0.3 is 15.6 Å². The zero-order valence-electron chi connectivity index (χ0n) is 16.0. The molecule has 3 N–H and O–H groups in total. The number of anilines is 1. The standard InChI is InChI=1S/C19H16FN7O3/c1-9-6-11(25-30-9)8-27-10(2)18(24-26-27)23-19(29)12-7-15(17(21)28)22-14-5-3-4-13(20)16(12)14/h3-7H,8H2,1-2H3,(H2,21,28)(H,23,29). The lowest BCUT2D eigenvalue weighted by Gasteiger charge is -2.09. The number of aromatic nitrogens is 5. The van der Waals surface area contributed by atoms with Crippen LogP contribution in [0.4, 0.5) is 10.2 Å². The SMILES string of the molecule is Cc1cc(Cn2nnc(NC(=O)c3cc(C(N)=O)nc4cccc(F)c34)c2C)no1. The van der Waals surface area contributed by atoms with E-state index < -0.39 is 17.6 Å². The zero-order valence-corrected chi connectivity index (χ0v) is 16.0. The van der Waals surface area contributed by atoms with E-state index in [4.69, 9.17) is 10.3 Å². The summed E-state index contributed by atoms with van der Waals surface area (Å²) in [6, 6.07) is 7.03. The van der Waals surface area contributed by atoms with Crippen molar-refractivity contribution in [1.29, 1.82) is 0 Å². The van der Waals surface area contributed by atoms with Gasteiger partial charge in [0.2, 0.25) is 0 Å². The predicted molar refractivity (Wildman–Crippen MR) is 103 cm³/mol. The molecular weight excluding hydrogens is 393 g/mol. The molecule has 0 atom stereocenters. The van der Waals surface area contributed by atoms with Crippen LogP contribution in [0.5, 0.6) is 0 Å². The quantitative estimate of drug-likeness (QED) is 0.513. The van der Waals surface area contributed by atoms with Crippen molar-refractivity contribution in [2.45, 2.75) is 20.4 Å². The fraction of sp³-hybridized carbons (Fsp3) is 0.158. The fourth-order valence-corrected chi connectivity index (χ4v) is 3.00. The lowest BCUT2D eigenvalue weighted by atomic mass is 10.1. The van der Waals surface area contributed by atoms with Gasteiger partial charge in [0.25, 0.3) is 11.8 Å². The number of aryl methyl sites for hydroxylation is 1. The normalized spacial score (nSPS) is 11.0. The van der Waals surface area contributed by atoms with Crippen molar-refractivity contribution in [3.63, 3.8) is 0 Å². The van der Waals surface area contributed by atoms with Gasteiger partial charge in [0, 0.05) is 11.5 Å². The lowest BCUT2D eigenvalue weighted by Crippen LogP contribution is -2.18. The summed E-state index contributed by atoms with van der Waals surface area (Å²) in [6.07, 6.45) is 0. The highest BCUT2D eigenvalue weighted by atomic mass is 19.1. The van der Waals surface area contributed by atoms with Gasteiger partial charge in [0.05, 0.1) is 23.3 Å². The van der Waals surface area contributed by atoms with Gasteiger partial charge in [-0.15, -0.1) is 5.10 Å². The highest BCUT2D eigenvalue weighted by Crippen LogP contribution is 2.23. The third-order valence-corrected chi connectivity index (χ3v) is 4.48. The minimum Gasteiger partial charge on any atom is -0.364 e. The van der Waals surface area contributed by atoms with E-state index in [1.807, 2.05) is 0 Å². The first-order valence-electron chi connectivity index (χ1n) is 8.86. The van der Waals surface area contributed by atoms with Crippen molar-refractivity contribution in [3.05, 3.63) is 64.6 Å². The van der Waals surface area contributed by atoms with Crippen molar-refractivity contribution in [1.82, 2.24) is 25.1 Å². The molecule has 4 aromatic rings. The molecule has 0 aliphatic heterocycles. The molecule has 0 saturated carbocycles. The molecule has 0 spiro atoms. The summed E-state index contributed by atoms with van der Waals surface area (Å²) in [6.45, 7) is 3.78. The van der Waals surface area contributed by atoms with Crippen LogP contribution in [-0.2, 0) is 6.54 Å². The number of halogens is 1. The van der Waals surface area contributed by atoms with Crippen LogP contribution in [0, 0.1) is 19.7 Å². The molecule has 0 fully saturated rings. The molecule has 1 aromatic carbocycles. The summed E-state index contributed by atoms with van der Waals surface area (Å²) in [4.78, 5) is 28.5. The number of hydrogen-bond acceptors (Lipinski definition) is 7. The van der Waals surface area contributed by atoms with E-state index in [2.05, 4.69) is 25.8 Å². The van der Waals surface area contributed by atoms with Crippen LogP contribution in [0.15, 0.2) is 34.9 Å². The molecular formula is C19H16FN7O3. The second-order valence-electron chi connectivity index (χ2n) is 6.62. The molecule has 30 heavy (non-hydrogen) atoms. The Labute approximate surface area is 168 Å². The second-order valence-corrected chi connectivity index (χ2v) is 6.62. The highest BCUT2D eigenvalue weighted by molar-refractivity contribution is 6.13. The Morgan fingerprint density at radius 2 is 2.07 bits per heavy atom. The fourth-order valence-electron chi connectivity index (χ4n) is 3.00. The number of benzene rings is 1. The maximum atomic E-state index is 14.4. The Morgan fingerprint density at radius 3 is 2.77 bits per heavy atom. The van der Waals surface area contributed by atoms with E-state index in [9.17, 15) is 14.0 Å². The molecule has 0 saturated heterocycles. The van der Waals surface area contributed by atoms with Gasteiger partial charge in [-0.05, 0) is 32.0 Å². The number of rotatable bonds is 5. The van der Waals surface area contributed by atoms with E-state index in [1.54, 1.807) is 19.9 Å². The Morgan fingerprint density at radius 1 is 1.27 bits per heavy atom. The lowest BCUT2D eigenvalue weighted by molar-refractivity contribution is 0.0996. The largest absolute Gasteiger partial charge is 0.364 e. The van der Waals surface area contributed by atoms with Gasteiger partial charge >= 0.3 is 0 Å². The van der Waals surface area contributed by atoms with Crippen LogP contribution in [0.1, 0.15) is 38.0 Å². The van der Waals surface area contributed by atoms with E-state index in [-0.39, 0.29) is 28.0 Å². The smallest absolute Gasteiger partial charge is 0.267 e. The zero-order chi connectivity index (χ0) is 21.4. The Balaban J connectivity index is 1.68. The molecule has 11 heteroatoms. The van der Waals surface area contributed by atoms with Gasteiger partial charge in [-0.1, -0.05) is 16.4 Å². The summed E-state index contributed by atoms with van der Waals surface area (Å²) < 4.78 is 21.0. The number of hydrogen-bond donors (Lipinski definition) is 2. The van der Waals surface area contributed by atoms with E-state index >= 15 is 0 Å². The number of nitrogens with two attached hydrogens (primary N) is 1. The van der Waals surface area contributed by atoms with E-state index in [0.717, 1.165) is 6.07 Å². The van der Waals surface area contributed by atoms with Crippen LogP contribution >= 0.6 is 0 Å². The number of pyridine rings is 1. The first-order valence-corrected chi connectivity index (χ1v) is 8.86. The van der Waals surface area contributed by atoms with Crippen LogP contribution in [0.2, 0.25) is 0 Å². The summed E-state index contributed by atoms with van der Waals surface area (Å²) in [5.74, 6) is -1.32. The number of nitrogens with zero attached hydrogens (tertiary/aromatic N) is 5. The predicted octanol–water partition coefficient (Wildman–Crippen LogP) is 1.97. The maximum Gasteiger partial charge on any atom is 0.267 e. The summed E-state index contributed by atoms with van der Waals surface area (Å²) in [5.41, 5.74) is 6.39. The molecule has 152 valence electrons. The summed E-state index contributed by atoms with van der Waals surface area (Å²) >= 11 is 0.